The second-order valence-corrected chi connectivity index (χ2v) is 15.1. The van der Waals surface area contributed by atoms with Crippen molar-refractivity contribution in [3.63, 3.8) is 0 Å². The van der Waals surface area contributed by atoms with E-state index in [1.54, 1.807) is 35.2 Å². The van der Waals surface area contributed by atoms with E-state index in [0.717, 1.165) is 71.3 Å². The molecule has 3 amide bonds. The number of anilines is 1. The maximum Gasteiger partial charge on any atom is 0.254 e. The van der Waals surface area contributed by atoms with Gasteiger partial charge in [-0.3, -0.25) is 19.3 Å². The number of piperidine rings is 1. The molecule has 7 rings (SSSR count). The third-order valence-corrected chi connectivity index (χ3v) is 11.2. The number of fused-ring (bicyclic) bond motifs is 1. The van der Waals surface area contributed by atoms with Crippen LogP contribution in [0.3, 0.4) is 0 Å². The van der Waals surface area contributed by atoms with Gasteiger partial charge in [0.15, 0.2) is 5.65 Å². The molecular formula is C44H51FN8O4. The summed E-state index contributed by atoms with van der Waals surface area (Å²) in [6.07, 6.45) is 5.80. The number of ether oxygens (including phenoxy) is 1. The maximum atomic E-state index is 15.7. The van der Waals surface area contributed by atoms with E-state index in [2.05, 4.69) is 15.3 Å². The van der Waals surface area contributed by atoms with Gasteiger partial charge >= 0.3 is 0 Å². The Balaban J connectivity index is 1.26. The number of nitrogens with zero attached hydrogens (tertiary/aromatic N) is 5. The van der Waals surface area contributed by atoms with Crippen LogP contribution in [0, 0.1) is 11.7 Å². The molecule has 0 bridgehead atoms. The Morgan fingerprint density at radius 3 is 2.49 bits per heavy atom. The van der Waals surface area contributed by atoms with E-state index in [0.29, 0.717) is 56.0 Å². The Labute approximate surface area is 332 Å². The summed E-state index contributed by atoms with van der Waals surface area (Å²) in [7, 11) is 0. The summed E-state index contributed by atoms with van der Waals surface area (Å²) in [6.45, 7) is 8.44. The number of amides is 3. The van der Waals surface area contributed by atoms with Crippen molar-refractivity contribution in [2.75, 3.05) is 31.6 Å². The predicted octanol–water partition coefficient (Wildman–Crippen LogP) is 6.05. The number of pyridine rings is 1. The Bertz CT molecular complexity index is 2270. The van der Waals surface area contributed by atoms with Crippen molar-refractivity contribution in [3.05, 3.63) is 112 Å². The molecule has 5 N–H and O–H groups in total. The second-order valence-electron chi connectivity index (χ2n) is 15.1. The summed E-state index contributed by atoms with van der Waals surface area (Å²) in [5.41, 5.74) is 18.0. The number of carbonyl (C=O) groups excluding carboxylic acids is 3. The van der Waals surface area contributed by atoms with Crippen LogP contribution in [0.15, 0.2) is 72.9 Å². The lowest BCUT2D eigenvalue weighted by Gasteiger charge is -2.31. The van der Waals surface area contributed by atoms with Crippen LogP contribution >= 0.6 is 0 Å². The van der Waals surface area contributed by atoms with Gasteiger partial charge < -0.3 is 26.4 Å². The second kappa shape index (κ2) is 17.6. The van der Waals surface area contributed by atoms with E-state index >= 15 is 4.39 Å². The number of nitrogens with two attached hydrogens (primary N) is 2. The highest BCUT2D eigenvalue weighted by Crippen LogP contribution is 2.34. The van der Waals surface area contributed by atoms with E-state index < -0.39 is 5.91 Å². The fourth-order valence-electron chi connectivity index (χ4n) is 8.10. The smallest absolute Gasteiger partial charge is 0.254 e. The number of rotatable bonds is 14. The number of halogens is 1. The number of hydrogen-bond acceptors (Lipinski definition) is 8. The van der Waals surface area contributed by atoms with Gasteiger partial charge in [-0.15, -0.1) is 0 Å². The quantitative estimate of drug-likeness (QED) is 0.123. The topological polar surface area (TPSA) is 162 Å². The molecular weight excluding hydrogens is 724 g/mol. The normalized spacial score (nSPS) is 16.4. The molecule has 12 nitrogen and oxygen atoms in total. The SMILES string of the molecule is CCc1nc2c(cnn2CC)c(NC2CCOCC2)c1CN(Cc1ccc(F)c(-c2cccc(CN3CCCC(C(N)=O)C3)c2)c1)C(=O)c1cccc(C(N)=O)c1. The molecule has 2 saturated heterocycles. The van der Waals surface area contributed by atoms with Crippen molar-refractivity contribution in [1.29, 1.82) is 0 Å². The summed E-state index contributed by atoms with van der Waals surface area (Å²) >= 11 is 0. The van der Waals surface area contributed by atoms with Crippen LogP contribution in [-0.4, -0.2) is 74.6 Å². The van der Waals surface area contributed by atoms with E-state index in [1.165, 1.54) is 12.1 Å². The number of primary amides is 2. The zero-order chi connectivity index (χ0) is 40.1. The highest BCUT2D eigenvalue weighted by molar-refractivity contribution is 5.99. The van der Waals surface area contributed by atoms with Crippen molar-refractivity contribution in [1.82, 2.24) is 24.6 Å². The Hall–Kier alpha value is -5.66. The van der Waals surface area contributed by atoms with Gasteiger partial charge in [-0.1, -0.05) is 37.3 Å². The summed E-state index contributed by atoms with van der Waals surface area (Å²) in [6, 6.07) is 19.3. The summed E-state index contributed by atoms with van der Waals surface area (Å²) in [5, 5.41) is 9.33. The van der Waals surface area contributed by atoms with Crippen LogP contribution in [0.5, 0.6) is 0 Å². The van der Waals surface area contributed by atoms with Crippen molar-refractivity contribution in [2.24, 2.45) is 17.4 Å². The molecule has 0 aliphatic carbocycles. The van der Waals surface area contributed by atoms with Crippen LogP contribution < -0.4 is 16.8 Å². The summed E-state index contributed by atoms with van der Waals surface area (Å²) in [4.78, 5) is 47.8. The molecule has 4 heterocycles. The number of aromatic nitrogens is 3. The third kappa shape index (κ3) is 9.00. The minimum absolute atomic E-state index is 0.140. The molecule has 2 aromatic heterocycles. The zero-order valence-corrected chi connectivity index (χ0v) is 32.7. The molecule has 5 aromatic rings. The first-order valence-electron chi connectivity index (χ1n) is 19.9. The minimum Gasteiger partial charge on any atom is -0.381 e. The van der Waals surface area contributed by atoms with Gasteiger partial charge in [0.1, 0.15) is 5.82 Å². The fraction of sp³-hybridized carbons (Fsp3) is 0.386. The molecule has 1 unspecified atom stereocenters. The van der Waals surface area contributed by atoms with Crippen LogP contribution in [0.25, 0.3) is 22.2 Å². The first kappa shape index (κ1) is 39.6. The average Bonchev–Trinajstić information content (AvgIpc) is 3.65. The summed E-state index contributed by atoms with van der Waals surface area (Å²) in [5.74, 6) is -1.77. The van der Waals surface area contributed by atoms with Crippen LogP contribution in [0.4, 0.5) is 10.1 Å². The standard InChI is InChI=1S/C44H51FN8O4/c1-3-39-37(40(49-34-15-18-57-19-16-34)36-23-48-53(4-2)43(36)50-39)27-52(44(56)32-11-6-10-31(22-32)41(46)54)25-29-13-14-38(45)35(21-29)30-9-5-8-28(20-30)24-51-17-7-12-33(26-51)42(47)55/h5-6,8-11,13-14,20-23,33-34H,3-4,7,12,15-19,24-27H2,1-2H3,(H2,46,54)(H2,47,55)(H,49,50). The molecule has 13 heteroatoms. The highest BCUT2D eigenvalue weighted by atomic mass is 19.1. The van der Waals surface area contributed by atoms with Gasteiger partial charge in [0.25, 0.3) is 5.91 Å². The zero-order valence-electron chi connectivity index (χ0n) is 32.7. The van der Waals surface area contributed by atoms with Crippen LogP contribution in [0.2, 0.25) is 0 Å². The van der Waals surface area contributed by atoms with Crippen LogP contribution in [0.1, 0.15) is 82.6 Å². The van der Waals surface area contributed by atoms with E-state index in [9.17, 15) is 14.4 Å². The van der Waals surface area contributed by atoms with Crippen molar-refractivity contribution in [3.8, 4) is 11.1 Å². The van der Waals surface area contributed by atoms with Gasteiger partial charge in [-0.2, -0.15) is 5.10 Å². The Morgan fingerprint density at radius 2 is 1.74 bits per heavy atom. The molecule has 57 heavy (non-hydrogen) atoms. The average molecular weight is 775 g/mol. The minimum atomic E-state index is -0.631. The van der Waals surface area contributed by atoms with Gasteiger partial charge in [0.2, 0.25) is 11.8 Å². The molecule has 298 valence electrons. The number of nitrogens with one attached hydrogen (secondary N) is 1. The van der Waals surface area contributed by atoms with Crippen molar-refractivity contribution >= 4 is 34.4 Å². The number of likely N-dealkylation sites (tertiary alicyclic amines) is 1. The number of aryl methyl sites for hydroxylation is 2. The van der Waals surface area contributed by atoms with Gasteiger partial charge in [-0.25, -0.2) is 14.1 Å². The number of benzene rings is 3. The lowest BCUT2D eigenvalue weighted by atomic mass is 9.96. The Kier molecular flexibility index (Phi) is 12.2. The Morgan fingerprint density at radius 1 is 0.947 bits per heavy atom. The molecule has 1 atom stereocenters. The van der Waals surface area contributed by atoms with Crippen LogP contribution in [-0.2, 0) is 42.1 Å². The molecule has 2 aliphatic heterocycles. The molecule has 0 radical (unpaired) electrons. The van der Waals surface area contributed by atoms with E-state index in [-0.39, 0.29) is 48.2 Å². The van der Waals surface area contributed by atoms with Crippen molar-refractivity contribution in [2.45, 2.75) is 78.2 Å². The highest BCUT2D eigenvalue weighted by Gasteiger charge is 2.27. The monoisotopic (exact) mass is 774 g/mol. The van der Waals surface area contributed by atoms with E-state index in [1.807, 2.05) is 49.0 Å². The number of hydrogen-bond donors (Lipinski definition) is 3. The maximum absolute atomic E-state index is 15.7. The summed E-state index contributed by atoms with van der Waals surface area (Å²) < 4.78 is 23.3. The fourth-order valence-corrected chi connectivity index (χ4v) is 8.10. The first-order valence-corrected chi connectivity index (χ1v) is 19.9. The molecule has 3 aromatic carbocycles. The van der Waals surface area contributed by atoms with Gasteiger partial charge in [-0.05, 0) is 98.7 Å². The van der Waals surface area contributed by atoms with Crippen molar-refractivity contribution < 1.29 is 23.5 Å². The molecule has 2 aliphatic rings. The first-order chi connectivity index (χ1) is 27.6. The van der Waals surface area contributed by atoms with E-state index in [4.69, 9.17) is 21.2 Å². The largest absolute Gasteiger partial charge is 0.381 e. The van der Waals surface area contributed by atoms with Gasteiger partial charge in [0, 0.05) is 73.4 Å². The molecule has 2 fully saturated rings. The third-order valence-electron chi connectivity index (χ3n) is 11.2. The molecule has 0 spiro atoms. The molecule has 0 saturated carbocycles. The van der Waals surface area contributed by atoms with Gasteiger partial charge in [0.05, 0.1) is 29.7 Å². The number of carbonyl (C=O) groups is 3. The lowest BCUT2D eigenvalue weighted by Crippen LogP contribution is -2.40. The predicted molar refractivity (Wildman–Crippen MR) is 218 cm³/mol. The lowest BCUT2D eigenvalue weighted by molar-refractivity contribution is -0.123.